The molecule has 0 bridgehead atoms. The lowest BCUT2D eigenvalue weighted by molar-refractivity contribution is 0.446. The summed E-state index contributed by atoms with van der Waals surface area (Å²) in [5.74, 6) is -3.92. The summed E-state index contributed by atoms with van der Waals surface area (Å²) in [7, 11) is 0. The fourth-order valence-corrected chi connectivity index (χ4v) is 0.814. The van der Waals surface area contributed by atoms with Crippen molar-refractivity contribution in [1.29, 1.82) is 0 Å². The van der Waals surface area contributed by atoms with Crippen LogP contribution in [0.15, 0.2) is 12.1 Å². The predicted octanol–water partition coefficient (Wildman–Crippen LogP) is 2.45. The van der Waals surface area contributed by atoms with Crippen molar-refractivity contribution in [2.75, 3.05) is 0 Å². The average molecular weight is 176 g/mol. The number of hydrogen-bond donors (Lipinski definition) is 0. The van der Waals surface area contributed by atoms with Crippen molar-refractivity contribution < 1.29 is 13.2 Å². The average Bonchev–Trinajstić information content (AvgIpc) is 2.01. The normalized spacial score (nSPS) is 9.73. The van der Waals surface area contributed by atoms with Crippen LogP contribution in [0.25, 0.3) is 0 Å². The summed E-state index contributed by atoms with van der Waals surface area (Å²) in [6, 6.07) is 1.91. The molecule has 0 fully saturated rings. The van der Waals surface area contributed by atoms with Gasteiger partial charge in [-0.15, -0.1) is 0 Å². The van der Waals surface area contributed by atoms with Crippen LogP contribution in [-0.4, -0.2) is 5.37 Å². The molecule has 0 amide bonds. The number of thiocarbonyl (C=S) groups is 1. The molecule has 1 aromatic carbocycles. The van der Waals surface area contributed by atoms with E-state index in [0.29, 0.717) is 0 Å². The van der Waals surface area contributed by atoms with Crippen LogP contribution >= 0.6 is 12.2 Å². The van der Waals surface area contributed by atoms with Crippen molar-refractivity contribution in [1.82, 2.24) is 0 Å². The summed E-state index contributed by atoms with van der Waals surface area (Å²) in [5, 5.41) is 0.956. The maximum Gasteiger partial charge on any atom is 0.195 e. The van der Waals surface area contributed by atoms with Crippen LogP contribution in [-0.2, 0) is 0 Å². The maximum absolute atomic E-state index is 12.5. The second-order valence-electron chi connectivity index (χ2n) is 1.88. The zero-order valence-corrected chi connectivity index (χ0v) is 6.09. The first-order chi connectivity index (χ1) is 5.16. The van der Waals surface area contributed by atoms with E-state index in [1.807, 2.05) is 0 Å². The van der Waals surface area contributed by atoms with Gasteiger partial charge < -0.3 is 0 Å². The van der Waals surface area contributed by atoms with Crippen molar-refractivity contribution in [3.63, 3.8) is 0 Å². The molecule has 0 nitrogen and oxygen atoms in total. The van der Waals surface area contributed by atoms with E-state index in [1.165, 1.54) is 0 Å². The Kier molecular flexibility index (Phi) is 2.24. The third kappa shape index (κ3) is 1.40. The Labute approximate surface area is 66.7 Å². The first-order valence-electron chi connectivity index (χ1n) is 2.75. The minimum atomic E-state index is -1.48. The van der Waals surface area contributed by atoms with Crippen molar-refractivity contribution >= 4 is 17.6 Å². The molecular weight excluding hydrogens is 173 g/mol. The van der Waals surface area contributed by atoms with Crippen LogP contribution < -0.4 is 0 Å². The van der Waals surface area contributed by atoms with Gasteiger partial charge in [-0.3, -0.25) is 0 Å². The molecule has 0 aliphatic carbocycles. The Morgan fingerprint density at radius 2 is 1.73 bits per heavy atom. The molecule has 1 rings (SSSR count). The van der Waals surface area contributed by atoms with E-state index in [9.17, 15) is 13.2 Å². The van der Waals surface area contributed by atoms with Crippen LogP contribution in [0.4, 0.5) is 13.2 Å². The highest BCUT2D eigenvalue weighted by Gasteiger charge is 2.10. The summed E-state index contributed by atoms with van der Waals surface area (Å²) in [5.41, 5.74) is -0.112. The third-order valence-corrected chi connectivity index (χ3v) is 1.45. The zero-order chi connectivity index (χ0) is 8.43. The maximum atomic E-state index is 12.5. The molecule has 0 aromatic heterocycles. The van der Waals surface area contributed by atoms with Gasteiger partial charge in [0, 0.05) is 10.9 Å². The van der Waals surface area contributed by atoms with Crippen LogP contribution in [0.5, 0.6) is 0 Å². The standard InChI is InChI=1S/C7H3F3S/c8-5-2-1-4(3-11)6(9)7(5)10/h1-3H. The number of hydrogen-bond acceptors (Lipinski definition) is 1. The molecule has 58 valence electrons. The van der Waals surface area contributed by atoms with Crippen molar-refractivity contribution in [2.24, 2.45) is 0 Å². The van der Waals surface area contributed by atoms with E-state index in [4.69, 9.17) is 0 Å². The molecule has 0 aliphatic heterocycles. The van der Waals surface area contributed by atoms with Gasteiger partial charge >= 0.3 is 0 Å². The van der Waals surface area contributed by atoms with E-state index in [0.717, 1.165) is 17.5 Å². The summed E-state index contributed by atoms with van der Waals surface area (Å²) < 4.78 is 37.1. The minimum Gasteiger partial charge on any atom is -0.204 e. The molecule has 0 atom stereocenters. The Morgan fingerprint density at radius 3 is 2.27 bits per heavy atom. The Balaban J connectivity index is 3.36. The van der Waals surface area contributed by atoms with Gasteiger partial charge in [0.15, 0.2) is 17.5 Å². The fourth-order valence-electron chi connectivity index (χ4n) is 0.632. The summed E-state index contributed by atoms with van der Waals surface area (Å²) in [4.78, 5) is 0. The molecule has 11 heavy (non-hydrogen) atoms. The van der Waals surface area contributed by atoms with E-state index in [-0.39, 0.29) is 5.56 Å². The zero-order valence-electron chi connectivity index (χ0n) is 5.27. The lowest BCUT2D eigenvalue weighted by Gasteiger charge is -1.96. The Bertz CT molecular complexity index is 296. The van der Waals surface area contributed by atoms with Gasteiger partial charge in [-0.25, -0.2) is 13.2 Å². The van der Waals surface area contributed by atoms with Crippen LogP contribution in [0.2, 0.25) is 0 Å². The molecular formula is C7H3F3S. The highest BCUT2D eigenvalue weighted by molar-refractivity contribution is 7.79. The Morgan fingerprint density at radius 1 is 1.09 bits per heavy atom. The molecule has 0 saturated carbocycles. The Hall–Kier alpha value is -0.900. The molecule has 0 heterocycles. The monoisotopic (exact) mass is 176 g/mol. The minimum absolute atomic E-state index is 0.112. The third-order valence-electron chi connectivity index (χ3n) is 1.19. The van der Waals surface area contributed by atoms with Gasteiger partial charge in [0.25, 0.3) is 0 Å². The quantitative estimate of drug-likeness (QED) is 0.468. The van der Waals surface area contributed by atoms with Crippen LogP contribution in [0, 0.1) is 17.5 Å². The van der Waals surface area contributed by atoms with Gasteiger partial charge in [-0.1, -0.05) is 12.2 Å². The van der Waals surface area contributed by atoms with Gasteiger partial charge in [0.2, 0.25) is 0 Å². The van der Waals surface area contributed by atoms with E-state index >= 15 is 0 Å². The predicted molar refractivity (Wildman–Crippen MR) is 39.1 cm³/mol. The van der Waals surface area contributed by atoms with E-state index in [1.54, 1.807) is 0 Å². The van der Waals surface area contributed by atoms with Crippen LogP contribution in [0.1, 0.15) is 5.56 Å². The summed E-state index contributed by atoms with van der Waals surface area (Å²) in [6.07, 6.45) is 0. The second-order valence-corrected chi connectivity index (χ2v) is 2.12. The topological polar surface area (TPSA) is 0 Å². The molecule has 4 heteroatoms. The molecule has 0 radical (unpaired) electrons. The molecule has 0 unspecified atom stereocenters. The van der Waals surface area contributed by atoms with E-state index in [2.05, 4.69) is 12.2 Å². The van der Waals surface area contributed by atoms with Crippen LogP contribution in [0.3, 0.4) is 0 Å². The van der Waals surface area contributed by atoms with Gasteiger partial charge in [0.1, 0.15) is 0 Å². The van der Waals surface area contributed by atoms with Crippen molar-refractivity contribution in [3.8, 4) is 0 Å². The molecule has 0 saturated heterocycles. The lowest BCUT2D eigenvalue weighted by atomic mass is 10.2. The number of rotatable bonds is 1. The highest BCUT2D eigenvalue weighted by Crippen LogP contribution is 2.13. The largest absolute Gasteiger partial charge is 0.204 e. The number of benzene rings is 1. The second kappa shape index (κ2) is 3.00. The van der Waals surface area contributed by atoms with Gasteiger partial charge in [0.05, 0.1) is 0 Å². The SMILES string of the molecule is Fc1ccc(C=S)c(F)c1F. The molecule has 0 N–H and O–H groups in total. The van der Waals surface area contributed by atoms with Crippen molar-refractivity contribution in [2.45, 2.75) is 0 Å². The highest BCUT2D eigenvalue weighted by atomic mass is 32.1. The summed E-state index contributed by atoms with van der Waals surface area (Å²) >= 11 is 4.35. The van der Waals surface area contributed by atoms with E-state index < -0.39 is 17.5 Å². The lowest BCUT2D eigenvalue weighted by Crippen LogP contribution is -1.94. The molecule has 0 aliphatic rings. The van der Waals surface area contributed by atoms with Gasteiger partial charge in [-0.05, 0) is 12.1 Å². The smallest absolute Gasteiger partial charge is 0.195 e. The van der Waals surface area contributed by atoms with Gasteiger partial charge in [-0.2, -0.15) is 0 Å². The summed E-state index contributed by atoms with van der Waals surface area (Å²) in [6.45, 7) is 0. The first-order valence-corrected chi connectivity index (χ1v) is 3.22. The van der Waals surface area contributed by atoms with Crippen molar-refractivity contribution in [3.05, 3.63) is 35.1 Å². The first kappa shape index (κ1) is 8.20. The number of halogens is 3. The molecule has 0 spiro atoms. The molecule has 1 aromatic rings. The fraction of sp³-hybridized carbons (Fsp3) is 0.